The van der Waals surface area contributed by atoms with Crippen molar-refractivity contribution in [1.82, 2.24) is 10.2 Å². The number of methoxy groups -OCH3 is 1. The van der Waals surface area contributed by atoms with E-state index in [1.54, 1.807) is 4.90 Å². The van der Waals surface area contributed by atoms with E-state index in [0.717, 1.165) is 0 Å². The van der Waals surface area contributed by atoms with Crippen molar-refractivity contribution in [2.45, 2.75) is 6.18 Å². The molecule has 1 aliphatic rings. The fourth-order valence-electron chi connectivity index (χ4n) is 3.05. The second-order valence-corrected chi connectivity index (χ2v) is 6.48. The number of hydrogen-bond donors (Lipinski definition) is 1. The van der Waals surface area contributed by atoms with Crippen molar-refractivity contribution in [2.75, 3.05) is 57.9 Å². The van der Waals surface area contributed by atoms with Crippen LogP contribution in [0.5, 0.6) is 0 Å². The van der Waals surface area contributed by atoms with Crippen LogP contribution in [0.3, 0.4) is 0 Å². The highest BCUT2D eigenvalue weighted by atomic mass is 19.4. The number of benzene rings is 1. The maximum Gasteiger partial charge on any atom is 0.416 e. The molecule has 0 atom stereocenters. The highest BCUT2D eigenvalue weighted by molar-refractivity contribution is 5.78. The standard InChI is InChI=1S/C16H20F3N5O6/c1-30-7-2-20-14(25)10-21-3-5-22(6-4-21)15-12(23(26)27)8-11(16(17,18)19)9-13(15)24(28)29/h8-9H,2-7,10H2,1H3,(H,20,25). The first kappa shape index (κ1) is 23.3. The second kappa shape index (κ2) is 9.67. The summed E-state index contributed by atoms with van der Waals surface area (Å²) in [5.41, 5.74) is -3.90. The van der Waals surface area contributed by atoms with Crippen molar-refractivity contribution in [3.8, 4) is 0 Å². The number of ether oxygens (including phenoxy) is 1. The summed E-state index contributed by atoms with van der Waals surface area (Å²) in [4.78, 5) is 35.5. The van der Waals surface area contributed by atoms with Crippen LogP contribution in [0.4, 0.5) is 30.2 Å². The summed E-state index contributed by atoms with van der Waals surface area (Å²) >= 11 is 0. The number of piperazine rings is 1. The predicted octanol–water partition coefficient (Wildman–Crippen LogP) is 1.41. The van der Waals surface area contributed by atoms with E-state index in [4.69, 9.17) is 4.74 Å². The van der Waals surface area contributed by atoms with Crippen LogP contribution in [0.2, 0.25) is 0 Å². The number of anilines is 1. The van der Waals surface area contributed by atoms with Gasteiger partial charge in [0.2, 0.25) is 5.91 Å². The molecule has 0 aliphatic carbocycles. The van der Waals surface area contributed by atoms with Crippen LogP contribution < -0.4 is 10.2 Å². The normalized spacial score (nSPS) is 15.1. The molecule has 1 aliphatic heterocycles. The molecular formula is C16H20F3N5O6. The molecule has 1 aromatic carbocycles. The van der Waals surface area contributed by atoms with Gasteiger partial charge in [0, 0.05) is 52.0 Å². The topological polar surface area (TPSA) is 131 Å². The summed E-state index contributed by atoms with van der Waals surface area (Å²) in [5, 5.41) is 25.4. The number of nitro groups is 2. The van der Waals surface area contributed by atoms with Gasteiger partial charge in [-0.05, 0) is 0 Å². The van der Waals surface area contributed by atoms with Crippen molar-refractivity contribution >= 4 is 23.0 Å². The summed E-state index contributed by atoms with van der Waals surface area (Å²) in [6.07, 6.45) is -4.97. The Kier molecular flexibility index (Phi) is 7.50. The van der Waals surface area contributed by atoms with E-state index in [1.807, 2.05) is 0 Å². The van der Waals surface area contributed by atoms with Gasteiger partial charge in [0.1, 0.15) is 0 Å². The number of carbonyl (C=O) groups is 1. The van der Waals surface area contributed by atoms with Gasteiger partial charge in [-0.2, -0.15) is 13.2 Å². The van der Waals surface area contributed by atoms with Gasteiger partial charge in [0.05, 0.1) is 28.6 Å². The molecule has 14 heteroatoms. The van der Waals surface area contributed by atoms with E-state index in [-0.39, 0.29) is 38.6 Å². The number of halogens is 3. The van der Waals surface area contributed by atoms with Gasteiger partial charge in [-0.15, -0.1) is 0 Å². The van der Waals surface area contributed by atoms with Crippen molar-refractivity contribution in [2.24, 2.45) is 0 Å². The fourth-order valence-corrected chi connectivity index (χ4v) is 3.05. The van der Waals surface area contributed by atoms with Crippen molar-refractivity contribution in [3.05, 3.63) is 37.9 Å². The first-order valence-electron chi connectivity index (χ1n) is 8.81. The Morgan fingerprint density at radius 3 is 2.10 bits per heavy atom. The zero-order chi connectivity index (χ0) is 22.5. The third kappa shape index (κ3) is 5.76. The zero-order valence-corrected chi connectivity index (χ0v) is 16.0. The molecule has 1 amide bonds. The highest BCUT2D eigenvalue weighted by Crippen LogP contribution is 2.43. The van der Waals surface area contributed by atoms with Crippen LogP contribution >= 0.6 is 0 Å². The molecule has 1 heterocycles. The SMILES string of the molecule is COCCNC(=O)CN1CCN(c2c([N+](=O)[O-])cc(C(F)(F)F)cc2[N+](=O)[O-])CC1. The lowest BCUT2D eigenvalue weighted by Gasteiger charge is -2.35. The van der Waals surface area contributed by atoms with Crippen LogP contribution in [-0.2, 0) is 15.7 Å². The van der Waals surface area contributed by atoms with E-state index in [0.29, 0.717) is 25.3 Å². The van der Waals surface area contributed by atoms with E-state index in [1.165, 1.54) is 12.0 Å². The van der Waals surface area contributed by atoms with Gasteiger partial charge in [0.15, 0.2) is 5.69 Å². The van der Waals surface area contributed by atoms with Gasteiger partial charge >= 0.3 is 6.18 Å². The Hall–Kier alpha value is -3.00. The average molecular weight is 435 g/mol. The number of nitro benzene ring substituents is 2. The molecule has 0 saturated carbocycles. The van der Waals surface area contributed by atoms with Crippen LogP contribution in [-0.4, -0.2) is 73.6 Å². The van der Waals surface area contributed by atoms with Crippen LogP contribution in [0.15, 0.2) is 12.1 Å². The van der Waals surface area contributed by atoms with Gasteiger partial charge < -0.3 is 15.0 Å². The van der Waals surface area contributed by atoms with E-state index >= 15 is 0 Å². The Morgan fingerprint density at radius 2 is 1.67 bits per heavy atom. The molecule has 0 bridgehead atoms. The Balaban J connectivity index is 2.21. The molecule has 0 radical (unpaired) electrons. The molecule has 0 spiro atoms. The maximum absolute atomic E-state index is 13.0. The van der Waals surface area contributed by atoms with Gasteiger partial charge in [-0.3, -0.25) is 29.9 Å². The molecule has 30 heavy (non-hydrogen) atoms. The average Bonchev–Trinajstić information content (AvgIpc) is 2.67. The lowest BCUT2D eigenvalue weighted by atomic mass is 10.1. The quantitative estimate of drug-likeness (QED) is 0.368. The number of nitrogens with one attached hydrogen (secondary N) is 1. The Bertz CT molecular complexity index is 776. The Morgan fingerprint density at radius 1 is 1.13 bits per heavy atom. The summed E-state index contributed by atoms with van der Waals surface area (Å²) in [7, 11) is 1.49. The Labute approximate surface area is 168 Å². The smallest absolute Gasteiger partial charge is 0.383 e. The summed E-state index contributed by atoms with van der Waals surface area (Å²) in [6, 6.07) is 0.607. The first-order chi connectivity index (χ1) is 14.0. The molecular weight excluding hydrogens is 415 g/mol. The molecule has 1 fully saturated rings. The largest absolute Gasteiger partial charge is 0.416 e. The first-order valence-corrected chi connectivity index (χ1v) is 8.81. The minimum Gasteiger partial charge on any atom is -0.383 e. The highest BCUT2D eigenvalue weighted by Gasteiger charge is 2.39. The second-order valence-electron chi connectivity index (χ2n) is 6.48. The van der Waals surface area contributed by atoms with Crippen molar-refractivity contribution < 1.29 is 32.5 Å². The van der Waals surface area contributed by atoms with Crippen LogP contribution in [0, 0.1) is 20.2 Å². The minimum absolute atomic E-state index is 0.0503. The van der Waals surface area contributed by atoms with Gasteiger partial charge in [-0.25, -0.2) is 0 Å². The lowest BCUT2D eigenvalue weighted by molar-refractivity contribution is -0.393. The summed E-state index contributed by atoms with van der Waals surface area (Å²) < 4.78 is 43.9. The number of carbonyl (C=O) groups excluding carboxylic acids is 1. The molecule has 2 rings (SSSR count). The predicted molar refractivity (Wildman–Crippen MR) is 98.3 cm³/mol. The van der Waals surface area contributed by atoms with Crippen molar-refractivity contribution in [1.29, 1.82) is 0 Å². The molecule has 11 nitrogen and oxygen atoms in total. The summed E-state index contributed by atoms with van der Waals surface area (Å²) in [6.45, 7) is 1.35. The third-order valence-corrected chi connectivity index (χ3v) is 4.47. The molecule has 1 saturated heterocycles. The van der Waals surface area contributed by atoms with E-state index in [2.05, 4.69) is 5.32 Å². The van der Waals surface area contributed by atoms with E-state index < -0.39 is 38.6 Å². The molecule has 166 valence electrons. The van der Waals surface area contributed by atoms with Gasteiger partial charge in [0.25, 0.3) is 11.4 Å². The van der Waals surface area contributed by atoms with E-state index in [9.17, 15) is 38.2 Å². The number of hydrogen-bond acceptors (Lipinski definition) is 8. The minimum atomic E-state index is -4.97. The molecule has 1 N–H and O–H groups in total. The van der Waals surface area contributed by atoms with Crippen molar-refractivity contribution in [3.63, 3.8) is 0 Å². The number of amides is 1. The number of alkyl halides is 3. The van der Waals surface area contributed by atoms with Crippen LogP contribution in [0.25, 0.3) is 0 Å². The fraction of sp³-hybridized carbons (Fsp3) is 0.562. The number of nitrogens with zero attached hydrogens (tertiary/aromatic N) is 4. The number of rotatable bonds is 8. The summed E-state index contributed by atoms with van der Waals surface area (Å²) in [5.74, 6) is -0.257. The monoisotopic (exact) mass is 435 g/mol. The molecule has 0 aromatic heterocycles. The lowest BCUT2D eigenvalue weighted by Crippen LogP contribution is -2.50. The van der Waals surface area contributed by atoms with Gasteiger partial charge in [-0.1, -0.05) is 0 Å². The molecule has 1 aromatic rings. The van der Waals surface area contributed by atoms with Crippen LogP contribution in [0.1, 0.15) is 5.56 Å². The molecule has 0 unspecified atom stereocenters. The maximum atomic E-state index is 13.0. The third-order valence-electron chi connectivity index (χ3n) is 4.47. The zero-order valence-electron chi connectivity index (χ0n) is 16.0.